The Labute approximate surface area is 629 Å². The summed E-state index contributed by atoms with van der Waals surface area (Å²) in [5, 5.41) is 7.48. The van der Waals surface area contributed by atoms with Gasteiger partial charge in [-0.05, 0) is 220 Å². The van der Waals surface area contributed by atoms with Crippen molar-refractivity contribution < 1.29 is 0 Å². The number of fused-ring (bicyclic) bond motifs is 13. The van der Waals surface area contributed by atoms with Crippen LogP contribution in [0.4, 0.5) is 34.1 Å². The second-order valence-electron chi connectivity index (χ2n) is 38.1. The monoisotopic (exact) mass is 1380 g/mol. The van der Waals surface area contributed by atoms with E-state index in [0.717, 1.165) is 34.1 Å². The highest BCUT2D eigenvalue weighted by molar-refractivity contribution is 7.00. The van der Waals surface area contributed by atoms with Crippen molar-refractivity contribution in [1.82, 2.24) is 13.7 Å². The third-order valence-corrected chi connectivity index (χ3v) is 23.4. The summed E-state index contributed by atoms with van der Waals surface area (Å²) in [7, 11) is 0. The van der Waals surface area contributed by atoms with E-state index in [-0.39, 0.29) is 44.6 Å². The summed E-state index contributed by atoms with van der Waals surface area (Å²) < 4.78 is 7.71. The normalized spacial score (nSPS) is 13.8. The highest BCUT2D eigenvalue weighted by Gasteiger charge is 2.47. The molecule has 0 radical (unpaired) electrons. The van der Waals surface area contributed by atoms with Crippen LogP contribution in [-0.2, 0) is 37.9 Å². The number of para-hydroxylation sites is 4. The number of aromatic nitrogens is 3. The van der Waals surface area contributed by atoms with Crippen LogP contribution < -0.4 is 26.2 Å². The van der Waals surface area contributed by atoms with Crippen LogP contribution >= 0.6 is 0 Å². The van der Waals surface area contributed by atoms with E-state index >= 15 is 0 Å². The van der Waals surface area contributed by atoms with Crippen molar-refractivity contribution in [2.45, 2.75) is 183 Å². The molecule has 0 saturated carbocycles. The molecule has 0 amide bonds. The number of rotatable bonds is 6. The van der Waals surface area contributed by atoms with Gasteiger partial charge in [0, 0.05) is 72.1 Å². The van der Waals surface area contributed by atoms with E-state index in [2.05, 4.69) is 405 Å². The molecule has 0 N–H and O–H groups in total. The molecular weight excluding hydrogens is 1280 g/mol. The maximum absolute atomic E-state index is 2.77. The molecule has 6 heteroatoms. The SMILES string of the molecule is CC(C)(C)c1cc(-c2ccc3c(c2)B2c4ccc(-n5c6ccccc6c6ccccc65)cc4N(c4cc(C(C)(C)C)cc5c6cc(C(C)(C)C)ccc6n(-c6ccccc6)c45)c4cc(C(C)(C)C)cc(c42)N3c2cc(C(C)(C)C)cc3c4cc(C(C)(C)C)ccc4n(-c4ccccc4)c23)cc(C(C)(C)C)c1. The van der Waals surface area contributed by atoms with E-state index in [4.69, 9.17) is 0 Å². The number of anilines is 6. The Bertz CT molecular complexity index is 6030. The van der Waals surface area contributed by atoms with Gasteiger partial charge in [-0.2, -0.15) is 0 Å². The minimum Gasteiger partial charge on any atom is -0.309 e. The lowest BCUT2D eigenvalue weighted by atomic mass is 9.33. The quantitative estimate of drug-likeness (QED) is 0.155. The number of hydrogen-bond donors (Lipinski definition) is 0. The molecule has 12 aromatic carbocycles. The van der Waals surface area contributed by atoms with Crippen LogP contribution in [0.25, 0.3) is 93.6 Å². The molecule has 3 aromatic heterocycles. The third-order valence-electron chi connectivity index (χ3n) is 23.4. The number of hydrogen-bond acceptors (Lipinski definition) is 2. The molecular formula is C100H102BN5. The number of nitrogens with zero attached hydrogens (tertiary/aromatic N) is 5. The van der Waals surface area contributed by atoms with Crippen LogP contribution in [0.1, 0.15) is 184 Å². The van der Waals surface area contributed by atoms with Gasteiger partial charge in [0.2, 0.25) is 0 Å². The fraction of sp³-hybridized carbons (Fsp3) is 0.280. The minimum absolute atomic E-state index is 0.0833. The smallest absolute Gasteiger partial charge is 0.252 e. The van der Waals surface area contributed by atoms with Gasteiger partial charge in [0.05, 0.1) is 44.5 Å². The lowest BCUT2D eigenvalue weighted by Crippen LogP contribution is -2.61. The molecule has 2 aliphatic heterocycles. The van der Waals surface area contributed by atoms with Crippen molar-refractivity contribution in [2.75, 3.05) is 9.80 Å². The minimum atomic E-state index is -0.313. The molecule has 0 aliphatic carbocycles. The van der Waals surface area contributed by atoms with Crippen LogP contribution in [0.15, 0.2) is 237 Å². The van der Waals surface area contributed by atoms with Gasteiger partial charge in [-0.1, -0.05) is 267 Å². The van der Waals surface area contributed by atoms with Crippen LogP contribution in [0.5, 0.6) is 0 Å². The fourth-order valence-electron chi connectivity index (χ4n) is 17.2. The van der Waals surface area contributed by atoms with E-state index in [0.29, 0.717) is 0 Å². The Morgan fingerprint density at radius 3 is 1.04 bits per heavy atom. The van der Waals surface area contributed by atoms with Crippen molar-refractivity contribution in [3.8, 4) is 28.2 Å². The largest absolute Gasteiger partial charge is 0.309 e. The van der Waals surface area contributed by atoms with Crippen LogP contribution in [0.2, 0.25) is 0 Å². The molecule has 0 atom stereocenters. The molecule has 0 unspecified atom stereocenters. The first kappa shape index (κ1) is 68.8. The molecule has 106 heavy (non-hydrogen) atoms. The first-order chi connectivity index (χ1) is 50.0. The summed E-state index contributed by atoms with van der Waals surface area (Å²) in [5.74, 6) is 0. The van der Waals surface area contributed by atoms with Crippen LogP contribution in [0, 0.1) is 0 Å². The standard InChI is InChI=1S/C100H102BN5/c1-94(2,3)63-41-46-83-75(52-63)77-54-67(98(13,14)15)58-89(92(77)103(83)70-32-24-22-25-33-70)105-85-45-40-61(62-48-65(96(7,8)9)51-66(49-62)97(10,11)12)50-80(85)101-79-44-43-72(102-81-38-30-28-36-73(81)74-37-29-31-39-82(74)102)60-86(79)106(88-57-69(100(19,20)21)56-87(105)91(88)101)90-59-68(99(16,17)18)55-78-76-53-64(95(4,5)6)42-47-84(76)104(93(78)90)71-34-26-23-27-35-71/h22-60H,1-21H3. The highest BCUT2D eigenvalue weighted by atomic mass is 15.2. The van der Waals surface area contributed by atoms with Gasteiger partial charge in [-0.15, -0.1) is 0 Å². The maximum atomic E-state index is 2.77. The first-order valence-corrected chi connectivity index (χ1v) is 38.6. The lowest BCUT2D eigenvalue weighted by Gasteiger charge is -2.46. The predicted octanol–water partition coefficient (Wildman–Crippen LogP) is 25.8. The van der Waals surface area contributed by atoms with Gasteiger partial charge < -0.3 is 23.5 Å². The van der Waals surface area contributed by atoms with Crippen LogP contribution in [-0.4, -0.2) is 20.4 Å². The second-order valence-corrected chi connectivity index (χ2v) is 38.1. The van der Waals surface area contributed by atoms with Crippen LogP contribution in [0.3, 0.4) is 0 Å². The van der Waals surface area contributed by atoms with E-state index < -0.39 is 0 Å². The van der Waals surface area contributed by atoms with Crippen molar-refractivity contribution in [3.63, 3.8) is 0 Å². The van der Waals surface area contributed by atoms with Crippen molar-refractivity contribution in [3.05, 3.63) is 276 Å². The topological polar surface area (TPSA) is 21.3 Å². The van der Waals surface area contributed by atoms with Gasteiger partial charge in [0.15, 0.2) is 0 Å². The van der Waals surface area contributed by atoms with Gasteiger partial charge >= 0.3 is 0 Å². The van der Waals surface area contributed by atoms with Gasteiger partial charge in [-0.3, -0.25) is 0 Å². The summed E-state index contributed by atoms with van der Waals surface area (Å²) in [5.41, 5.74) is 31.7. The van der Waals surface area contributed by atoms with E-state index in [1.54, 1.807) is 0 Å². The molecule has 0 bridgehead atoms. The Morgan fingerprint density at radius 1 is 0.217 bits per heavy atom. The van der Waals surface area contributed by atoms with Gasteiger partial charge in [-0.25, -0.2) is 0 Å². The molecule has 5 heterocycles. The number of benzene rings is 12. The summed E-state index contributed by atoms with van der Waals surface area (Å²) in [4.78, 5) is 5.52. The first-order valence-electron chi connectivity index (χ1n) is 38.6. The van der Waals surface area contributed by atoms with E-state index in [9.17, 15) is 0 Å². The van der Waals surface area contributed by atoms with E-state index in [1.807, 2.05) is 0 Å². The molecule has 5 nitrogen and oxygen atoms in total. The fourth-order valence-corrected chi connectivity index (χ4v) is 17.2. The Morgan fingerprint density at radius 2 is 0.594 bits per heavy atom. The maximum Gasteiger partial charge on any atom is 0.252 e. The Kier molecular flexibility index (Phi) is 15.3. The van der Waals surface area contributed by atoms with Gasteiger partial charge in [0.25, 0.3) is 6.71 Å². The molecule has 0 fully saturated rings. The predicted molar refractivity (Wildman–Crippen MR) is 460 cm³/mol. The van der Waals surface area contributed by atoms with Crippen molar-refractivity contribution >= 4 is 123 Å². The van der Waals surface area contributed by atoms with Gasteiger partial charge in [0.1, 0.15) is 0 Å². The Hall–Kier alpha value is -10.3. The molecule has 530 valence electrons. The zero-order valence-electron chi connectivity index (χ0n) is 66.3. The average molecular weight is 1380 g/mol. The summed E-state index contributed by atoms with van der Waals surface area (Å²) >= 11 is 0. The van der Waals surface area contributed by atoms with Crippen molar-refractivity contribution in [1.29, 1.82) is 0 Å². The third kappa shape index (κ3) is 11.1. The lowest BCUT2D eigenvalue weighted by molar-refractivity contribution is 0.569. The molecule has 0 saturated heterocycles. The Balaban J connectivity index is 1.09. The van der Waals surface area contributed by atoms with E-state index in [1.165, 1.54) is 149 Å². The summed E-state index contributed by atoms with van der Waals surface area (Å²) in [6.07, 6.45) is 0. The summed E-state index contributed by atoms with van der Waals surface area (Å²) in [6, 6.07) is 93.0. The molecule has 17 rings (SSSR count). The molecule has 15 aromatic rings. The molecule has 0 spiro atoms. The second kappa shape index (κ2) is 23.6. The van der Waals surface area contributed by atoms with Crippen molar-refractivity contribution in [2.24, 2.45) is 0 Å². The summed E-state index contributed by atoms with van der Waals surface area (Å²) in [6.45, 7) is 49.7. The zero-order chi connectivity index (χ0) is 74.6. The highest BCUT2D eigenvalue weighted by Crippen LogP contribution is 2.54. The molecule has 2 aliphatic rings. The average Bonchev–Trinajstić information content (AvgIpc) is 1.21. The zero-order valence-corrected chi connectivity index (χ0v) is 66.3.